The molecular formula is C12H8BrIN2O2. The van der Waals surface area contributed by atoms with Crippen molar-refractivity contribution >= 4 is 50.6 Å². The van der Waals surface area contributed by atoms with E-state index in [-0.39, 0.29) is 0 Å². The summed E-state index contributed by atoms with van der Waals surface area (Å²) in [5.74, 6) is -0.973. The average Bonchev–Trinajstić information content (AvgIpc) is 2.74. The summed E-state index contributed by atoms with van der Waals surface area (Å²) in [6, 6.07) is 5.59. The van der Waals surface area contributed by atoms with Crippen LogP contribution in [0.2, 0.25) is 0 Å². The molecule has 0 bridgehead atoms. The van der Waals surface area contributed by atoms with Crippen molar-refractivity contribution in [3.8, 4) is 5.69 Å². The van der Waals surface area contributed by atoms with Crippen molar-refractivity contribution in [2.24, 2.45) is 0 Å². The first-order valence-electron chi connectivity index (χ1n) is 4.97. The summed E-state index contributed by atoms with van der Waals surface area (Å²) in [5, 5.41) is 12.9. The Morgan fingerprint density at radius 1 is 1.50 bits per heavy atom. The summed E-state index contributed by atoms with van der Waals surface area (Å²) < 4.78 is 3.64. The second-order valence-corrected chi connectivity index (χ2v) is 5.64. The summed E-state index contributed by atoms with van der Waals surface area (Å²) in [6.07, 6.45) is 6.28. The van der Waals surface area contributed by atoms with Gasteiger partial charge in [0.25, 0.3) is 0 Å². The molecule has 4 nitrogen and oxygen atoms in total. The standard InChI is InChI=1S/C12H8BrIN2O2/c13-9-3-1-8(2-4-12(17)18)11(5-9)16-7-10(14)6-15-16/h1-7H,(H,17,18). The Labute approximate surface area is 126 Å². The molecule has 2 aromatic rings. The van der Waals surface area contributed by atoms with E-state index in [9.17, 15) is 4.79 Å². The highest BCUT2D eigenvalue weighted by molar-refractivity contribution is 14.1. The number of carboxylic acid groups (broad SMARTS) is 1. The van der Waals surface area contributed by atoms with Gasteiger partial charge in [0.15, 0.2) is 0 Å². The van der Waals surface area contributed by atoms with Crippen molar-refractivity contribution in [1.29, 1.82) is 0 Å². The first kappa shape index (κ1) is 13.3. The van der Waals surface area contributed by atoms with E-state index in [0.29, 0.717) is 0 Å². The van der Waals surface area contributed by atoms with Crippen LogP contribution in [0.5, 0.6) is 0 Å². The van der Waals surface area contributed by atoms with E-state index >= 15 is 0 Å². The van der Waals surface area contributed by atoms with Gasteiger partial charge in [-0.05, 0) is 40.8 Å². The molecule has 92 valence electrons. The molecule has 0 atom stereocenters. The van der Waals surface area contributed by atoms with E-state index in [1.807, 2.05) is 24.4 Å². The molecule has 1 aromatic heterocycles. The Hall–Kier alpha value is -1.15. The zero-order valence-corrected chi connectivity index (χ0v) is 12.8. The van der Waals surface area contributed by atoms with Crippen molar-refractivity contribution in [2.75, 3.05) is 0 Å². The molecule has 0 fully saturated rings. The molecule has 0 saturated heterocycles. The molecule has 0 amide bonds. The number of carboxylic acids is 1. The summed E-state index contributed by atoms with van der Waals surface area (Å²) in [4.78, 5) is 10.6. The molecule has 1 N–H and O–H groups in total. The summed E-state index contributed by atoms with van der Waals surface area (Å²) in [6.45, 7) is 0. The number of aliphatic carboxylic acids is 1. The predicted octanol–water partition coefficient (Wildman–Crippen LogP) is 3.34. The van der Waals surface area contributed by atoms with Crippen molar-refractivity contribution < 1.29 is 9.90 Å². The SMILES string of the molecule is O=C(O)C=Cc1ccc(Br)cc1-n1cc(I)cn1. The fourth-order valence-corrected chi connectivity index (χ4v) is 2.19. The summed E-state index contributed by atoms with van der Waals surface area (Å²) in [7, 11) is 0. The van der Waals surface area contributed by atoms with Crippen LogP contribution < -0.4 is 0 Å². The Morgan fingerprint density at radius 2 is 2.28 bits per heavy atom. The largest absolute Gasteiger partial charge is 0.478 e. The van der Waals surface area contributed by atoms with Crippen LogP contribution >= 0.6 is 38.5 Å². The van der Waals surface area contributed by atoms with Crippen molar-refractivity contribution in [1.82, 2.24) is 9.78 Å². The number of hydrogen-bond acceptors (Lipinski definition) is 2. The predicted molar refractivity (Wildman–Crippen MR) is 80.7 cm³/mol. The van der Waals surface area contributed by atoms with E-state index in [0.717, 1.165) is 25.4 Å². The Balaban J connectivity index is 2.50. The molecule has 2 rings (SSSR count). The van der Waals surface area contributed by atoms with Crippen LogP contribution in [-0.2, 0) is 4.79 Å². The van der Waals surface area contributed by atoms with Gasteiger partial charge in [0.1, 0.15) is 0 Å². The molecule has 0 aliphatic carbocycles. The molecule has 0 unspecified atom stereocenters. The molecule has 1 aromatic carbocycles. The molecule has 6 heteroatoms. The van der Waals surface area contributed by atoms with E-state index in [1.165, 1.54) is 0 Å². The third-order valence-electron chi connectivity index (χ3n) is 2.20. The van der Waals surface area contributed by atoms with Crippen LogP contribution in [0.15, 0.2) is 41.1 Å². The fraction of sp³-hybridized carbons (Fsp3) is 0. The number of nitrogens with zero attached hydrogens (tertiary/aromatic N) is 2. The van der Waals surface area contributed by atoms with Crippen LogP contribution in [0.4, 0.5) is 0 Å². The van der Waals surface area contributed by atoms with Crippen LogP contribution in [0, 0.1) is 3.57 Å². The minimum absolute atomic E-state index is 0.792. The molecule has 1 heterocycles. The number of aromatic nitrogens is 2. The van der Waals surface area contributed by atoms with Crippen molar-refractivity contribution in [3.05, 3.63) is 50.3 Å². The van der Waals surface area contributed by atoms with Gasteiger partial charge in [-0.2, -0.15) is 5.10 Å². The first-order chi connectivity index (χ1) is 8.56. The lowest BCUT2D eigenvalue weighted by Gasteiger charge is -2.06. The Kier molecular flexibility index (Phi) is 4.18. The lowest BCUT2D eigenvalue weighted by molar-refractivity contribution is -0.131. The van der Waals surface area contributed by atoms with Gasteiger partial charge in [0.2, 0.25) is 0 Å². The molecular weight excluding hydrogens is 411 g/mol. The van der Waals surface area contributed by atoms with Crippen molar-refractivity contribution in [3.63, 3.8) is 0 Å². The lowest BCUT2D eigenvalue weighted by Crippen LogP contribution is -1.98. The van der Waals surface area contributed by atoms with Crippen LogP contribution in [0.3, 0.4) is 0 Å². The molecule has 0 saturated carbocycles. The molecule has 0 radical (unpaired) electrons. The van der Waals surface area contributed by atoms with Gasteiger partial charge in [-0.3, -0.25) is 0 Å². The number of benzene rings is 1. The second kappa shape index (κ2) is 5.66. The third kappa shape index (κ3) is 3.20. The summed E-state index contributed by atoms with van der Waals surface area (Å²) in [5.41, 5.74) is 1.62. The minimum atomic E-state index is -0.973. The quantitative estimate of drug-likeness (QED) is 0.614. The van der Waals surface area contributed by atoms with E-state index in [1.54, 1.807) is 17.0 Å². The van der Waals surface area contributed by atoms with E-state index < -0.39 is 5.97 Å². The van der Waals surface area contributed by atoms with E-state index in [4.69, 9.17) is 5.11 Å². The molecule has 18 heavy (non-hydrogen) atoms. The first-order valence-corrected chi connectivity index (χ1v) is 6.84. The highest BCUT2D eigenvalue weighted by atomic mass is 127. The zero-order chi connectivity index (χ0) is 13.1. The van der Waals surface area contributed by atoms with Crippen LogP contribution in [0.1, 0.15) is 5.56 Å². The molecule has 0 aliphatic heterocycles. The Bertz CT molecular complexity index is 622. The minimum Gasteiger partial charge on any atom is -0.478 e. The molecule has 0 aliphatic rings. The summed E-state index contributed by atoms with van der Waals surface area (Å²) >= 11 is 5.57. The fourth-order valence-electron chi connectivity index (χ4n) is 1.45. The highest BCUT2D eigenvalue weighted by Crippen LogP contribution is 2.22. The maximum absolute atomic E-state index is 10.6. The monoisotopic (exact) mass is 418 g/mol. The highest BCUT2D eigenvalue weighted by Gasteiger charge is 2.05. The number of halogens is 2. The van der Waals surface area contributed by atoms with Gasteiger partial charge in [-0.25, -0.2) is 9.48 Å². The lowest BCUT2D eigenvalue weighted by atomic mass is 10.1. The van der Waals surface area contributed by atoms with Crippen molar-refractivity contribution in [2.45, 2.75) is 0 Å². The van der Waals surface area contributed by atoms with Gasteiger partial charge in [-0.1, -0.05) is 22.0 Å². The van der Waals surface area contributed by atoms with Gasteiger partial charge in [0, 0.05) is 22.3 Å². The maximum atomic E-state index is 10.6. The van der Waals surface area contributed by atoms with Gasteiger partial charge < -0.3 is 5.11 Å². The zero-order valence-electron chi connectivity index (χ0n) is 9.05. The third-order valence-corrected chi connectivity index (χ3v) is 3.25. The van der Waals surface area contributed by atoms with Gasteiger partial charge in [-0.15, -0.1) is 0 Å². The smallest absolute Gasteiger partial charge is 0.328 e. The number of rotatable bonds is 3. The molecule has 0 spiro atoms. The van der Waals surface area contributed by atoms with Gasteiger partial charge >= 0.3 is 5.97 Å². The maximum Gasteiger partial charge on any atom is 0.328 e. The number of hydrogen-bond donors (Lipinski definition) is 1. The Morgan fingerprint density at radius 3 is 2.89 bits per heavy atom. The van der Waals surface area contributed by atoms with Crippen LogP contribution in [0.25, 0.3) is 11.8 Å². The van der Waals surface area contributed by atoms with Gasteiger partial charge in [0.05, 0.1) is 15.5 Å². The van der Waals surface area contributed by atoms with E-state index in [2.05, 4.69) is 43.6 Å². The van der Waals surface area contributed by atoms with Crippen LogP contribution in [-0.4, -0.2) is 20.9 Å². The second-order valence-electron chi connectivity index (χ2n) is 3.48. The normalized spacial score (nSPS) is 11.0. The average molecular weight is 419 g/mol. The topological polar surface area (TPSA) is 55.1 Å². The number of carbonyl (C=O) groups is 1.